The zero-order valence-electron chi connectivity index (χ0n) is 11.5. The third-order valence-corrected chi connectivity index (χ3v) is 4.64. The summed E-state index contributed by atoms with van der Waals surface area (Å²) in [7, 11) is -2.15. The predicted octanol–water partition coefficient (Wildman–Crippen LogP) is 1.93. The molecule has 0 unspecified atom stereocenters. The topological polar surface area (TPSA) is 81.4 Å². The fraction of sp³-hybridized carbons (Fsp3) is 0.500. The van der Waals surface area contributed by atoms with Gasteiger partial charge in [-0.25, -0.2) is 13.1 Å². The lowest BCUT2D eigenvalue weighted by atomic mass is 10.1. The minimum Gasteiger partial charge on any atom is -0.398 e. The molecule has 0 fully saturated rings. The molecule has 19 heavy (non-hydrogen) atoms. The maximum atomic E-state index is 12.2. The number of halogens is 1. The standard InChI is InChI=1S/C12H19ClN2O3S/c1-8-10(14)5-9(13)6-11(8)19(16,17)15-7-12(2,3)18-4/h5-6,15H,7,14H2,1-4H3. The molecule has 0 amide bonds. The van der Waals surface area contributed by atoms with Gasteiger partial charge in [-0.3, -0.25) is 0 Å². The Kier molecular flexibility index (Phi) is 4.84. The summed E-state index contributed by atoms with van der Waals surface area (Å²) in [5.41, 5.74) is 5.96. The van der Waals surface area contributed by atoms with Crippen molar-refractivity contribution >= 4 is 27.3 Å². The largest absolute Gasteiger partial charge is 0.398 e. The second-order valence-electron chi connectivity index (χ2n) is 4.91. The first-order valence-corrected chi connectivity index (χ1v) is 7.55. The highest BCUT2D eigenvalue weighted by molar-refractivity contribution is 7.89. The molecule has 1 aromatic rings. The lowest BCUT2D eigenvalue weighted by Crippen LogP contribution is -2.39. The van der Waals surface area contributed by atoms with Crippen LogP contribution in [0.4, 0.5) is 5.69 Å². The van der Waals surface area contributed by atoms with Gasteiger partial charge in [0.1, 0.15) is 0 Å². The van der Waals surface area contributed by atoms with Gasteiger partial charge in [-0.2, -0.15) is 0 Å². The van der Waals surface area contributed by atoms with Crippen LogP contribution in [0.25, 0.3) is 0 Å². The second kappa shape index (κ2) is 5.66. The fourth-order valence-electron chi connectivity index (χ4n) is 1.37. The van der Waals surface area contributed by atoms with Crippen LogP contribution >= 0.6 is 11.6 Å². The van der Waals surface area contributed by atoms with E-state index in [0.29, 0.717) is 11.3 Å². The molecule has 1 aromatic carbocycles. The second-order valence-corrected chi connectivity index (χ2v) is 7.08. The van der Waals surface area contributed by atoms with Crippen LogP contribution < -0.4 is 10.5 Å². The first-order valence-electron chi connectivity index (χ1n) is 5.69. The summed E-state index contributed by atoms with van der Waals surface area (Å²) in [6.45, 7) is 5.36. The van der Waals surface area contributed by atoms with Crippen molar-refractivity contribution < 1.29 is 13.2 Å². The highest BCUT2D eigenvalue weighted by Gasteiger charge is 2.23. The Labute approximate surface area is 119 Å². The molecular weight excluding hydrogens is 288 g/mol. The Balaban J connectivity index is 3.08. The minimum atomic E-state index is -3.67. The quantitative estimate of drug-likeness (QED) is 0.815. The number of sulfonamides is 1. The smallest absolute Gasteiger partial charge is 0.241 e. The van der Waals surface area contributed by atoms with Gasteiger partial charge in [-0.05, 0) is 38.5 Å². The van der Waals surface area contributed by atoms with E-state index in [2.05, 4.69) is 4.72 Å². The number of nitrogens with two attached hydrogens (primary N) is 1. The lowest BCUT2D eigenvalue weighted by Gasteiger charge is -2.23. The van der Waals surface area contributed by atoms with Crippen LogP contribution in [-0.4, -0.2) is 27.7 Å². The van der Waals surface area contributed by atoms with Gasteiger partial charge in [0.05, 0.1) is 10.5 Å². The first-order chi connectivity index (χ1) is 8.59. The van der Waals surface area contributed by atoms with Crippen molar-refractivity contribution in [2.24, 2.45) is 0 Å². The Morgan fingerprint density at radius 3 is 2.53 bits per heavy atom. The van der Waals surface area contributed by atoms with Crippen LogP contribution in [0.15, 0.2) is 17.0 Å². The number of nitrogens with one attached hydrogen (secondary N) is 1. The van der Waals surface area contributed by atoms with Gasteiger partial charge in [0.25, 0.3) is 0 Å². The van der Waals surface area contributed by atoms with E-state index in [1.807, 2.05) is 0 Å². The molecule has 0 aliphatic rings. The fourth-order valence-corrected chi connectivity index (χ4v) is 3.16. The summed E-state index contributed by atoms with van der Waals surface area (Å²) in [6, 6.07) is 2.91. The summed E-state index contributed by atoms with van der Waals surface area (Å²) >= 11 is 5.85. The third kappa shape index (κ3) is 4.07. The normalized spacial score (nSPS) is 12.7. The van der Waals surface area contributed by atoms with Gasteiger partial charge in [-0.1, -0.05) is 11.6 Å². The molecule has 0 aliphatic heterocycles. The predicted molar refractivity (Wildman–Crippen MR) is 76.9 cm³/mol. The summed E-state index contributed by atoms with van der Waals surface area (Å²) in [5.74, 6) is 0. The molecule has 5 nitrogen and oxygen atoms in total. The monoisotopic (exact) mass is 306 g/mol. The van der Waals surface area contributed by atoms with Crippen molar-refractivity contribution in [3.8, 4) is 0 Å². The molecule has 0 bridgehead atoms. The molecule has 0 aromatic heterocycles. The van der Waals surface area contributed by atoms with Crippen LogP contribution in [0.5, 0.6) is 0 Å². The van der Waals surface area contributed by atoms with Crippen molar-refractivity contribution in [3.05, 3.63) is 22.7 Å². The van der Waals surface area contributed by atoms with Gasteiger partial charge in [0.15, 0.2) is 0 Å². The van der Waals surface area contributed by atoms with E-state index in [4.69, 9.17) is 22.1 Å². The molecule has 0 heterocycles. The van der Waals surface area contributed by atoms with E-state index >= 15 is 0 Å². The molecule has 108 valence electrons. The number of rotatable bonds is 5. The van der Waals surface area contributed by atoms with Crippen LogP contribution in [0.3, 0.4) is 0 Å². The van der Waals surface area contributed by atoms with Crippen molar-refractivity contribution in [1.29, 1.82) is 0 Å². The number of anilines is 1. The number of nitrogen functional groups attached to an aromatic ring is 1. The molecule has 7 heteroatoms. The molecule has 0 spiro atoms. The highest BCUT2D eigenvalue weighted by Crippen LogP contribution is 2.26. The van der Waals surface area contributed by atoms with Crippen LogP contribution in [0.2, 0.25) is 5.02 Å². The first kappa shape index (κ1) is 16.2. The number of ether oxygens (including phenoxy) is 1. The molecule has 0 saturated carbocycles. The molecule has 3 N–H and O–H groups in total. The Morgan fingerprint density at radius 1 is 1.42 bits per heavy atom. The SMILES string of the molecule is COC(C)(C)CNS(=O)(=O)c1cc(Cl)cc(N)c1C. The van der Waals surface area contributed by atoms with Gasteiger partial charge in [0, 0.05) is 24.4 Å². The molecule has 0 radical (unpaired) electrons. The average molecular weight is 307 g/mol. The van der Waals surface area contributed by atoms with Gasteiger partial charge < -0.3 is 10.5 Å². The van der Waals surface area contributed by atoms with E-state index in [0.717, 1.165) is 0 Å². The summed E-state index contributed by atoms with van der Waals surface area (Å²) in [6.07, 6.45) is 0. The van der Waals surface area contributed by atoms with E-state index in [1.165, 1.54) is 19.2 Å². The summed E-state index contributed by atoms with van der Waals surface area (Å²) in [5, 5.41) is 0.287. The molecular formula is C12H19ClN2O3S. The molecule has 0 saturated heterocycles. The van der Waals surface area contributed by atoms with Crippen LogP contribution in [0, 0.1) is 6.92 Å². The van der Waals surface area contributed by atoms with Gasteiger partial charge in [-0.15, -0.1) is 0 Å². The van der Waals surface area contributed by atoms with Gasteiger partial charge >= 0.3 is 0 Å². The van der Waals surface area contributed by atoms with Crippen molar-refractivity contribution in [2.45, 2.75) is 31.3 Å². The number of methoxy groups -OCH3 is 1. The summed E-state index contributed by atoms with van der Waals surface area (Å²) in [4.78, 5) is 0.0874. The van der Waals surface area contributed by atoms with E-state index in [1.54, 1.807) is 20.8 Å². The van der Waals surface area contributed by atoms with Crippen molar-refractivity contribution in [2.75, 3.05) is 19.4 Å². The summed E-state index contributed by atoms with van der Waals surface area (Å²) < 4.78 is 32.1. The van der Waals surface area contributed by atoms with Crippen molar-refractivity contribution in [3.63, 3.8) is 0 Å². The molecule has 1 rings (SSSR count). The van der Waals surface area contributed by atoms with E-state index in [-0.39, 0.29) is 16.5 Å². The Morgan fingerprint density at radius 2 is 2.00 bits per heavy atom. The zero-order chi connectivity index (χ0) is 14.8. The molecule has 0 atom stereocenters. The maximum Gasteiger partial charge on any atom is 0.241 e. The third-order valence-electron chi connectivity index (χ3n) is 2.89. The minimum absolute atomic E-state index is 0.0874. The average Bonchev–Trinajstić information content (AvgIpc) is 2.31. The maximum absolute atomic E-state index is 12.2. The Bertz CT molecular complexity index is 571. The lowest BCUT2D eigenvalue weighted by molar-refractivity contribution is 0.0276. The van der Waals surface area contributed by atoms with Crippen LogP contribution in [-0.2, 0) is 14.8 Å². The van der Waals surface area contributed by atoms with Gasteiger partial charge in [0.2, 0.25) is 10.0 Å². The number of hydrogen-bond acceptors (Lipinski definition) is 4. The highest BCUT2D eigenvalue weighted by atomic mass is 35.5. The number of hydrogen-bond donors (Lipinski definition) is 2. The van der Waals surface area contributed by atoms with E-state index in [9.17, 15) is 8.42 Å². The van der Waals surface area contributed by atoms with Crippen LogP contribution in [0.1, 0.15) is 19.4 Å². The van der Waals surface area contributed by atoms with Crippen molar-refractivity contribution in [1.82, 2.24) is 4.72 Å². The zero-order valence-corrected chi connectivity index (χ0v) is 13.0. The van der Waals surface area contributed by atoms with E-state index < -0.39 is 15.6 Å². The molecule has 0 aliphatic carbocycles. The number of benzene rings is 1. The Hall–Kier alpha value is -0.820.